The molecule has 4 rings (SSSR count). The summed E-state index contributed by atoms with van der Waals surface area (Å²) in [5, 5.41) is 6.97. The van der Waals surface area contributed by atoms with Crippen LogP contribution in [0.4, 0.5) is 0 Å². The van der Waals surface area contributed by atoms with E-state index in [2.05, 4.69) is 20.1 Å². The zero-order valence-corrected chi connectivity index (χ0v) is 14.7. The summed E-state index contributed by atoms with van der Waals surface area (Å²) in [7, 11) is 1.62. The Hall–Kier alpha value is -2.65. The molecule has 0 fully saturated rings. The van der Waals surface area contributed by atoms with Gasteiger partial charge in [0.25, 0.3) is 5.56 Å². The van der Waals surface area contributed by atoms with Gasteiger partial charge in [-0.05, 0) is 35.7 Å². The summed E-state index contributed by atoms with van der Waals surface area (Å²) < 4.78 is 10.4. The molecule has 25 heavy (non-hydrogen) atoms. The molecule has 4 aromatic rings. The fraction of sp³-hybridized carbons (Fsp3) is 0.125. The SMILES string of the molecule is COc1ccc(-c2noc(CSc3nc4sccc4c(=O)[nH]3)n2)cc1. The van der Waals surface area contributed by atoms with Crippen LogP contribution in [0.2, 0.25) is 0 Å². The number of benzene rings is 1. The molecule has 0 aliphatic heterocycles. The molecule has 0 saturated heterocycles. The van der Waals surface area contributed by atoms with Crippen LogP contribution in [0.25, 0.3) is 21.6 Å². The Bertz CT molecular complexity index is 1070. The lowest BCUT2D eigenvalue weighted by molar-refractivity contribution is 0.391. The van der Waals surface area contributed by atoms with Gasteiger partial charge in [0.05, 0.1) is 18.2 Å². The van der Waals surface area contributed by atoms with E-state index in [0.29, 0.717) is 28.0 Å². The maximum absolute atomic E-state index is 11.9. The molecule has 0 aliphatic carbocycles. The molecule has 0 atom stereocenters. The van der Waals surface area contributed by atoms with Gasteiger partial charge in [-0.1, -0.05) is 16.9 Å². The van der Waals surface area contributed by atoms with Crippen molar-refractivity contribution in [3.05, 3.63) is 52.0 Å². The smallest absolute Gasteiger partial charge is 0.260 e. The number of H-pyrrole nitrogens is 1. The van der Waals surface area contributed by atoms with Crippen LogP contribution in [-0.4, -0.2) is 27.2 Å². The number of aromatic nitrogens is 4. The molecule has 0 spiro atoms. The summed E-state index contributed by atoms with van der Waals surface area (Å²) >= 11 is 2.78. The summed E-state index contributed by atoms with van der Waals surface area (Å²) in [4.78, 5) is 24.2. The number of thioether (sulfide) groups is 1. The van der Waals surface area contributed by atoms with Gasteiger partial charge in [-0.25, -0.2) is 4.98 Å². The summed E-state index contributed by atoms with van der Waals surface area (Å²) in [5.41, 5.74) is 0.700. The third-order valence-electron chi connectivity index (χ3n) is 3.46. The predicted octanol–water partition coefficient (Wildman–Crippen LogP) is 3.34. The van der Waals surface area contributed by atoms with E-state index in [4.69, 9.17) is 9.26 Å². The van der Waals surface area contributed by atoms with Gasteiger partial charge in [0.15, 0.2) is 5.16 Å². The van der Waals surface area contributed by atoms with Crippen LogP contribution < -0.4 is 10.3 Å². The molecule has 9 heteroatoms. The molecule has 1 aromatic carbocycles. The standard InChI is InChI=1S/C16H12N4O3S2/c1-22-10-4-2-9(3-5-10)13-17-12(23-20-13)8-25-16-18-14(21)11-6-7-24-15(11)19-16/h2-7H,8H2,1H3,(H,18,19,21). The van der Waals surface area contributed by atoms with E-state index in [9.17, 15) is 4.79 Å². The minimum absolute atomic E-state index is 0.141. The van der Waals surface area contributed by atoms with Gasteiger partial charge in [0, 0.05) is 5.56 Å². The van der Waals surface area contributed by atoms with Crippen LogP contribution in [-0.2, 0) is 5.75 Å². The largest absolute Gasteiger partial charge is 0.497 e. The van der Waals surface area contributed by atoms with Crippen LogP contribution in [0.3, 0.4) is 0 Å². The van der Waals surface area contributed by atoms with E-state index in [-0.39, 0.29) is 5.56 Å². The number of nitrogens with zero attached hydrogens (tertiary/aromatic N) is 3. The highest BCUT2D eigenvalue weighted by molar-refractivity contribution is 7.98. The van der Waals surface area contributed by atoms with Crippen molar-refractivity contribution in [1.82, 2.24) is 20.1 Å². The van der Waals surface area contributed by atoms with Crippen molar-refractivity contribution in [3.8, 4) is 17.1 Å². The number of ether oxygens (including phenoxy) is 1. The van der Waals surface area contributed by atoms with E-state index in [1.807, 2.05) is 29.6 Å². The summed E-state index contributed by atoms with van der Waals surface area (Å²) in [6, 6.07) is 9.17. The molecular formula is C16H12N4O3S2. The maximum atomic E-state index is 11.9. The van der Waals surface area contributed by atoms with Gasteiger partial charge in [0.2, 0.25) is 11.7 Å². The number of nitrogens with one attached hydrogen (secondary N) is 1. The average Bonchev–Trinajstić information content (AvgIpc) is 3.29. The molecule has 3 heterocycles. The van der Waals surface area contributed by atoms with Crippen molar-refractivity contribution in [2.24, 2.45) is 0 Å². The topological polar surface area (TPSA) is 93.9 Å². The second kappa shape index (κ2) is 6.69. The Labute approximate surface area is 150 Å². The first-order chi connectivity index (χ1) is 12.2. The van der Waals surface area contributed by atoms with Crippen LogP contribution in [0.5, 0.6) is 5.75 Å². The molecule has 0 unspecified atom stereocenters. The molecule has 1 N–H and O–H groups in total. The quantitative estimate of drug-likeness (QED) is 0.424. The fourth-order valence-electron chi connectivity index (χ4n) is 2.21. The Kier molecular flexibility index (Phi) is 4.24. The lowest BCUT2D eigenvalue weighted by atomic mass is 10.2. The monoisotopic (exact) mass is 372 g/mol. The van der Waals surface area contributed by atoms with E-state index < -0.39 is 0 Å². The van der Waals surface area contributed by atoms with Crippen LogP contribution >= 0.6 is 23.1 Å². The highest BCUT2D eigenvalue weighted by atomic mass is 32.2. The number of aromatic amines is 1. The van der Waals surface area contributed by atoms with Crippen molar-refractivity contribution in [2.45, 2.75) is 10.9 Å². The number of methoxy groups -OCH3 is 1. The summed E-state index contributed by atoms with van der Waals surface area (Å²) in [6.07, 6.45) is 0. The summed E-state index contributed by atoms with van der Waals surface area (Å²) in [6.45, 7) is 0. The fourth-order valence-corrected chi connectivity index (χ4v) is 3.74. The first-order valence-electron chi connectivity index (χ1n) is 7.30. The molecule has 0 aliphatic rings. The Morgan fingerprint density at radius 1 is 1.24 bits per heavy atom. The lowest BCUT2D eigenvalue weighted by Gasteiger charge is -1.99. The van der Waals surface area contributed by atoms with Crippen molar-refractivity contribution >= 4 is 33.3 Å². The molecule has 0 bridgehead atoms. The Morgan fingerprint density at radius 3 is 2.88 bits per heavy atom. The number of thiophene rings is 1. The molecule has 0 saturated carbocycles. The molecule has 126 valence electrons. The molecule has 7 nitrogen and oxygen atoms in total. The maximum Gasteiger partial charge on any atom is 0.260 e. The molecule has 0 amide bonds. The van der Waals surface area contributed by atoms with E-state index >= 15 is 0 Å². The highest BCUT2D eigenvalue weighted by Crippen LogP contribution is 2.24. The first kappa shape index (κ1) is 15.9. The Morgan fingerprint density at radius 2 is 2.08 bits per heavy atom. The van der Waals surface area contributed by atoms with Gasteiger partial charge in [-0.15, -0.1) is 11.3 Å². The first-order valence-corrected chi connectivity index (χ1v) is 9.17. The third-order valence-corrected chi connectivity index (χ3v) is 5.13. The van der Waals surface area contributed by atoms with Gasteiger partial charge in [0.1, 0.15) is 10.6 Å². The third kappa shape index (κ3) is 3.28. The normalized spacial score (nSPS) is 11.1. The number of rotatable bonds is 5. The van der Waals surface area contributed by atoms with E-state index in [1.54, 1.807) is 13.2 Å². The van der Waals surface area contributed by atoms with Crippen molar-refractivity contribution < 1.29 is 9.26 Å². The minimum Gasteiger partial charge on any atom is -0.497 e. The Balaban J connectivity index is 1.49. The van der Waals surface area contributed by atoms with Crippen molar-refractivity contribution in [1.29, 1.82) is 0 Å². The number of hydrogen-bond donors (Lipinski definition) is 1. The zero-order valence-electron chi connectivity index (χ0n) is 13.1. The van der Waals surface area contributed by atoms with Crippen LogP contribution in [0.1, 0.15) is 5.89 Å². The molecule has 3 aromatic heterocycles. The van der Waals surface area contributed by atoms with Gasteiger partial charge >= 0.3 is 0 Å². The zero-order chi connectivity index (χ0) is 17.2. The van der Waals surface area contributed by atoms with E-state index in [1.165, 1.54) is 23.1 Å². The van der Waals surface area contributed by atoms with Gasteiger partial charge in [-0.2, -0.15) is 4.98 Å². The highest BCUT2D eigenvalue weighted by Gasteiger charge is 2.11. The van der Waals surface area contributed by atoms with Crippen molar-refractivity contribution in [2.75, 3.05) is 7.11 Å². The summed E-state index contributed by atoms with van der Waals surface area (Å²) in [5.74, 6) is 2.16. The second-order valence-electron chi connectivity index (χ2n) is 5.04. The predicted molar refractivity (Wildman–Crippen MR) is 96.1 cm³/mol. The van der Waals surface area contributed by atoms with Crippen LogP contribution in [0, 0.1) is 0 Å². The van der Waals surface area contributed by atoms with E-state index in [0.717, 1.165) is 16.1 Å². The van der Waals surface area contributed by atoms with Crippen LogP contribution in [0.15, 0.2) is 50.2 Å². The van der Waals surface area contributed by atoms with Gasteiger partial charge < -0.3 is 14.2 Å². The number of fused-ring (bicyclic) bond motifs is 1. The van der Waals surface area contributed by atoms with Gasteiger partial charge in [-0.3, -0.25) is 4.79 Å². The number of hydrogen-bond acceptors (Lipinski definition) is 8. The van der Waals surface area contributed by atoms with Crippen molar-refractivity contribution in [3.63, 3.8) is 0 Å². The minimum atomic E-state index is -0.141. The lowest BCUT2D eigenvalue weighted by Crippen LogP contribution is -2.07. The molecule has 0 radical (unpaired) electrons. The molecular weight excluding hydrogens is 360 g/mol. The second-order valence-corrected chi connectivity index (χ2v) is 6.90. The average molecular weight is 372 g/mol.